The summed E-state index contributed by atoms with van der Waals surface area (Å²) in [7, 11) is 1.17. The van der Waals surface area contributed by atoms with E-state index in [0.29, 0.717) is 17.4 Å². The van der Waals surface area contributed by atoms with E-state index in [1.165, 1.54) is 103 Å². The van der Waals surface area contributed by atoms with E-state index < -0.39 is 26.5 Å². The Bertz CT molecular complexity index is 891. The lowest BCUT2D eigenvalue weighted by atomic mass is 10.0. The molecule has 0 aromatic carbocycles. The topological polar surface area (TPSA) is 111 Å². The molecule has 0 aliphatic rings. The Morgan fingerprint density at radius 3 is 1.45 bits per heavy atom. The molecule has 0 spiro atoms. The zero-order valence-corrected chi connectivity index (χ0v) is 34.7. The van der Waals surface area contributed by atoms with Crippen LogP contribution in [0.5, 0.6) is 0 Å². The SMILES string of the molecule is CCCCCCCC/C=C/CCCCCCCC(=O)O[C@H](COC(=O)CCCCCCCCCCCCCC)COP(=O)([O-])OCC[N+](C)(C)C. The number of carbonyl (C=O) groups excluding carboxylic acids is 2. The molecule has 0 fully saturated rings. The largest absolute Gasteiger partial charge is 0.756 e. The minimum absolute atomic E-state index is 0.0295. The normalized spacial score (nSPS) is 13.8. The molecule has 0 bridgehead atoms. The average Bonchev–Trinajstić information content (AvgIpc) is 3.07. The number of hydrogen-bond donors (Lipinski definition) is 0. The van der Waals surface area contributed by atoms with Crippen molar-refractivity contribution in [1.82, 2.24) is 0 Å². The van der Waals surface area contributed by atoms with Gasteiger partial charge in [-0.1, -0.05) is 148 Å². The number of quaternary nitrogens is 1. The Morgan fingerprint density at radius 1 is 0.588 bits per heavy atom. The molecule has 0 saturated heterocycles. The molecule has 51 heavy (non-hydrogen) atoms. The number of nitrogens with zero attached hydrogens (tertiary/aromatic N) is 1. The van der Waals surface area contributed by atoms with E-state index in [4.69, 9.17) is 18.5 Å². The first kappa shape index (κ1) is 49.8. The van der Waals surface area contributed by atoms with E-state index in [-0.39, 0.29) is 32.0 Å². The molecule has 10 heteroatoms. The number of phosphoric ester groups is 1. The second kappa shape index (κ2) is 34.5. The second-order valence-corrected chi connectivity index (χ2v) is 16.8. The fourth-order valence-electron chi connectivity index (χ4n) is 5.71. The number of likely N-dealkylation sites (N-methyl/N-ethyl adjacent to an activating group) is 1. The molecule has 0 aliphatic carbocycles. The van der Waals surface area contributed by atoms with Crippen LogP contribution in [-0.4, -0.2) is 70.0 Å². The fourth-order valence-corrected chi connectivity index (χ4v) is 6.44. The molecule has 0 aromatic rings. The van der Waals surface area contributed by atoms with Crippen LogP contribution in [0.25, 0.3) is 0 Å². The van der Waals surface area contributed by atoms with Gasteiger partial charge in [0.2, 0.25) is 0 Å². The summed E-state index contributed by atoms with van der Waals surface area (Å²) in [6.07, 6.45) is 33.7. The Balaban J connectivity index is 4.39. The third-order valence-corrected chi connectivity index (χ3v) is 10.00. The van der Waals surface area contributed by atoms with Gasteiger partial charge in [-0.25, -0.2) is 0 Å². The van der Waals surface area contributed by atoms with Gasteiger partial charge >= 0.3 is 11.9 Å². The minimum Gasteiger partial charge on any atom is -0.756 e. The van der Waals surface area contributed by atoms with Crippen molar-refractivity contribution in [2.75, 3.05) is 47.5 Å². The Labute approximate surface area is 314 Å². The number of unbranched alkanes of at least 4 members (excludes halogenated alkanes) is 22. The Morgan fingerprint density at radius 2 is 1.00 bits per heavy atom. The van der Waals surface area contributed by atoms with Crippen LogP contribution >= 0.6 is 7.82 Å². The maximum atomic E-state index is 12.6. The van der Waals surface area contributed by atoms with Gasteiger partial charge in [-0.3, -0.25) is 14.2 Å². The van der Waals surface area contributed by atoms with Gasteiger partial charge in [0.05, 0.1) is 27.7 Å². The summed E-state index contributed by atoms with van der Waals surface area (Å²) in [5, 5.41) is 0. The third-order valence-electron chi connectivity index (χ3n) is 9.04. The number of phosphoric acid groups is 1. The van der Waals surface area contributed by atoms with Crippen molar-refractivity contribution in [2.45, 2.75) is 193 Å². The van der Waals surface area contributed by atoms with Crippen molar-refractivity contribution < 1.29 is 42.1 Å². The van der Waals surface area contributed by atoms with Gasteiger partial charge in [-0.05, 0) is 38.5 Å². The number of allylic oxidation sites excluding steroid dienone is 2. The van der Waals surface area contributed by atoms with Crippen molar-refractivity contribution in [3.05, 3.63) is 12.2 Å². The number of esters is 2. The first-order valence-corrected chi connectivity index (χ1v) is 22.4. The number of ether oxygens (including phenoxy) is 2. The number of carbonyl (C=O) groups is 2. The van der Waals surface area contributed by atoms with E-state index in [2.05, 4.69) is 26.0 Å². The molecule has 0 saturated carbocycles. The van der Waals surface area contributed by atoms with E-state index >= 15 is 0 Å². The fraction of sp³-hybridized carbons (Fsp3) is 0.902. The summed E-state index contributed by atoms with van der Waals surface area (Å²) < 4.78 is 33.8. The number of rotatable bonds is 38. The van der Waals surface area contributed by atoms with Gasteiger partial charge in [0.15, 0.2) is 6.10 Å². The zero-order valence-electron chi connectivity index (χ0n) is 33.8. The van der Waals surface area contributed by atoms with Crippen LogP contribution in [0.4, 0.5) is 0 Å². The lowest BCUT2D eigenvalue weighted by Gasteiger charge is -2.28. The molecule has 302 valence electrons. The van der Waals surface area contributed by atoms with Gasteiger partial charge in [0.25, 0.3) is 7.82 Å². The van der Waals surface area contributed by atoms with Crippen LogP contribution < -0.4 is 4.89 Å². The summed E-state index contributed by atoms with van der Waals surface area (Å²) >= 11 is 0. The Hall–Kier alpha value is -1.25. The first-order chi connectivity index (χ1) is 24.5. The lowest BCUT2D eigenvalue weighted by Crippen LogP contribution is -2.37. The molecular formula is C41H80NO8P. The molecule has 0 N–H and O–H groups in total. The maximum absolute atomic E-state index is 12.6. The van der Waals surface area contributed by atoms with E-state index in [0.717, 1.165) is 51.4 Å². The second-order valence-electron chi connectivity index (χ2n) is 15.4. The summed E-state index contributed by atoms with van der Waals surface area (Å²) in [4.78, 5) is 37.4. The highest BCUT2D eigenvalue weighted by molar-refractivity contribution is 7.45. The molecule has 0 radical (unpaired) electrons. The molecule has 2 atom stereocenters. The molecule has 0 aromatic heterocycles. The van der Waals surface area contributed by atoms with E-state index in [1.807, 2.05) is 21.1 Å². The molecule has 0 aliphatic heterocycles. The highest BCUT2D eigenvalue weighted by atomic mass is 31.2. The van der Waals surface area contributed by atoms with Crippen LogP contribution in [0.1, 0.15) is 187 Å². The van der Waals surface area contributed by atoms with Crippen LogP contribution in [0.15, 0.2) is 12.2 Å². The minimum atomic E-state index is -4.62. The lowest BCUT2D eigenvalue weighted by molar-refractivity contribution is -0.870. The van der Waals surface area contributed by atoms with Crippen molar-refractivity contribution in [3.8, 4) is 0 Å². The van der Waals surface area contributed by atoms with Crippen LogP contribution in [0.3, 0.4) is 0 Å². The number of hydrogen-bond acceptors (Lipinski definition) is 8. The summed E-state index contributed by atoms with van der Waals surface area (Å²) in [6.45, 7) is 4.21. The van der Waals surface area contributed by atoms with Gasteiger partial charge in [0, 0.05) is 12.8 Å². The smallest absolute Gasteiger partial charge is 0.306 e. The monoisotopic (exact) mass is 746 g/mol. The highest BCUT2D eigenvalue weighted by Crippen LogP contribution is 2.38. The molecule has 1 unspecified atom stereocenters. The van der Waals surface area contributed by atoms with Crippen molar-refractivity contribution >= 4 is 19.8 Å². The zero-order chi connectivity index (χ0) is 37.9. The first-order valence-electron chi connectivity index (χ1n) is 20.9. The van der Waals surface area contributed by atoms with Gasteiger partial charge in [-0.15, -0.1) is 0 Å². The summed E-state index contributed by atoms with van der Waals surface area (Å²) in [5.41, 5.74) is 0. The molecule has 0 rings (SSSR count). The predicted octanol–water partition coefficient (Wildman–Crippen LogP) is 10.8. The average molecular weight is 746 g/mol. The molecule has 0 amide bonds. The van der Waals surface area contributed by atoms with E-state index in [9.17, 15) is 19.0 Å². The quantitative estimate of drug-likeness (QED) is 0.0202. The standard InChI is InChI=1S/C41H80NO8P/c1-6-8-10-12-14-16-18-20-21-22-24-26-28-30-32-34-41(44)50-39(38-49-51(45,46)48-36-35-42(3,4)5)37-47-40(43)33-31-29-27-25-23-19-17-15-13-11-9-7-2/h20-21,39H,6-19,22-38H2,1-5H3/b21-20+/t39-/m1/s1. The molecule has 0 heterocycles. The van der Waals surface area contributed by atoms with Crippen molar-refractivity contribution in [2.24, 2.45) is 0 Å². The van der Waals surface area contributed by atoms with Crippen LogP contribution in [-0.2, 0) is 32.7 Å². The summed E-state index contributed by atoms with van der Waals surface area (Å²) in [5.74, 6) is -0.838. The van der Waals surface area contributed by atoms with Crippen molar-refractivity contribution in [3.63, 3.8) is 0 Å². The summed E-state index contributed by atoms with van der Waals surface area (Å²) in [6, 6.07) is 0. The maximum Gasteiger partial charge on any atom is 0.306 e. The highest BCUT2D eigenvalue weighted by Gasteiger charge is 2.21. The third kappa shape index (κ3) is 38.3. The predicted molar refractivity (Wildman–Crippen MR) is 208 cm³/mol. The Kier molecular flexibility index (Phi) is 33.7. The van der Waals surface area contributed by atoms with Crippen molar-refractivity contribution in [1.29, 1.82) is 0 Å². The molecule has 9 nitrogen and oxygen atoms in total. The van der Waals surface area contributed by atoms with Crippen LogP contribution in [0, 0.1) is 0 Å². The van der Waals surface area contributed by atoms with Gasteiger partial charge < -0.3 is 27.9 Å². The van der Waals surface area contributed by atoms with Gasteiger partial charge in [0.1, 0.15) is 19.8 Å². The molecular weight excluding hydrogens is 665 g/mol. The van der Waals surface area contributed by atoms with Gasteiger partial charge in [-0.2, -0.15) is 0 Å². The van der Waals surface area contributed by atoms with Crippen LogP contribution in [0.2, 0.25) is 0 Å². The van der Waals surface area contributed by atoms with E-state index in [1.54, 1.807) is 0 Å².